The summed E-state index contributed by atoms with van der Waals surface area (Å²) in [6, 6.07) is 4.15. The van der Waals surface area contributed by atoms with Gasteiger partial charge in [0.2, 0.25) is 0 Å². The second-order valence-electron chi connectivity index (χ2n) is 6.17. The number of hydrogen-bond donors (Lipinski definition) is 1. The van der Waals surface area contributed by atoms with Gasteiger partial charge in [0, 0.05) is 37.5 Å². The van der Waals surface area contributed by atoms with E-state index in [1.807, 2.05) is 31.0 Å². The van der Waals surface area contributed by atoms with E-state index < -0.39 is 0 Å². The molecule has 1 aliphatic carbocycles. The first kappa shape index (κ1) is 15.0. The smallest absolute Gasteiger partial charge is 0.267 e. The van der Waals surface area contributed by atoms with Crippen LogP contribution in [0.3, 0.4) is 0 Å². The number of aromatic nitrogens is 4. The lowest BCUT2D eigenvalue weighted by molar-refractivity contribution is 0.268. The van der Waals surface area contributed by atoms with Gasteiger partial charge < -0.3 is 5.32 Å². The van der Waals surface area contributed by atoms with Gasteiger partial charge in [0.1, 0.15) is 0 Å². The zero-order valence-electron chi connectivity index (χ0n) is 13.2. The van der Waals surface area contributed by atoms with Gasteiger partial charge in [-0.3, -0.25) is 9.48 Å². The van der Waals surface area contributed by atoms with Crippen LogP contribution in [0.2, 0.25) is 0 Å². The van der Waals surface area contributed by atoms with Gasteiger partial charge in [-0.05, 0) is 38.7 Å². The van der Waals surface area contributed by atoms with E-state index in [1.54, 1.807) is 16.8 Å². The Morgan fingerprint density at radius 3 is 2.73 bits per heavy atom. The van der Waals surface area contributed by atoms with Crippen LogP contribution in [-0.4, -0.2) is 25.6 Å². The van der Waals surface area contributed by atoms with Crippen molar-refractivity contribution in [2.75, 3.05) is 0 Å². The Morgan fingerprint density at radius 1 is 1.27 bits per heavy atom. The first-order valence-corrected chi connectivity index (χ1v) is 7.89. The number of nitrogens with one attached hydrogen (secondary N) is 1. The molecular weight excluding hydrogens is 278 g/mol. The summed E-state index contributed by atoms with van der Waals surface area (Å²) in [7, 11) is 1.93. The van der Waals surface area contributed by atoms with Gasteiger partial charge >= 0.3 is 0 Å². The normalized spacial score (nSPS) is 21.9. The van der Waals surface area contributed by atoms with Crippen LogP contribution in [-0.2, 0) is 13.6 Å². The fourth-order valence-electron chi connectivity index (χ4n) is 3.13. The van der Waals surface area contributed by atoms with Crippen molar-refractivity contribution in [2.24, 2.45) is 7.05 Å². The minimum atomic E-state index is 0.0115. The molecule has 2 aromatic heterocycles. The van der Waals surface area contributed by atoms with E-state index in [0.717, 1.165) is 37.9 Å². The van der Waals surface area contributed by atoms with Crippen LogP contribution in [0.15, 0.2) is 29.3 Å². The van der Waals surface area contributed by atoms with E-state index in [2.05, 4.69) is 15.5 Å². The highest BCUT2D eigenvalue weighted by molar-refractivity contribution is 5.03. The van der Waals surface area contributed by atoms with E-state index in [-0.39, 0.29) is 11.6 Å². The van der Waals surface area contributed by atoms with Crippen LogP contribution < -0.4 is 10.9 Å². The molecule has 6 nitrogen and oxygen atoms in total. The Bertz CT molecular complexity index is 682. The van der Waals surface area contributed by atoms with E-state index in [1.165, 1.54) is 5.56 Å². The predicted octanol–water partition coefficient (Wildman–Crippen LogP) is 1.56. The molecule has 0 aliphatic heterocycles. The fraction of sp³-hybridized carbons (Fsp3) is 0.562. The van der Waals surface area contributed by atoms with Gasteiger partial charge in [-0.15, -0.1) is 0 Å². The molecule has 118 valence electrons. The first-order chi connectivity index (χ1) is 10.6. The van der Waals surface area contributed by atoms with Gasteiger partial charge in [0.05, 0.1) is 17.9 Å². The standard InChI is InChI=1S/C16H23N5O/c1-12-3-8-16(22)21(19-12)15-6-4-14(5-7-15)17-9-13-10-18-20(2)11-13/h3,8,10-11,14-15,17H,4-7,9H2,1-2H3. The molecule has 0 saturated heterocycles. The van der Waals surface area contributed by atoms with E-state index in [0.29, 0.717) is 6.04 Å². The summed E-state index contributed by atoms with van der Waals surface area (Å²) in [6.45, 7) is 2.78. The van der Waals surface area contributed by atoms with Crippen LogP contribution >= 0.6 is 0 Å². The van der Waals surface area contributed by atoms with Crippen molar-refractivity contribution in [1.29, 1.82) is 0 Å². The molecule has 1 fully saturated rings. The lowest BCUT2D eigenvalue weighted by Gasteiger charge is -2.29. The number of hydrogen-bond acceptors (Lipinski definition) is 4. The third-order valence-electron chi connectivity index (χ3n) is 4.35. The number of nitrogens with zero attached hydrogens (tertiary/aromatic N) is 4. The summed E-state index contributed by atoms with van der Waals surface area (Å²) in [4.78, 5) is 11.9. The molecule has 0 spiro atoms. The van der Waals surface area contributed by atoms with E-state index in [9.17, 15) is 4.79 Å². The van der Waals surface area contributed by atoms with Crippen LogP contribution in [0.5, 0.6) is 0 Å². The lowest BCUT2D eigenvalue weighted by atomic mass is 9.91. The minimum absolute atomic E-state index is 0.0115. The van der Waals surface area contributed by atoms with Crippen LogP contribution in [0.25, 0.3) is 0 Å². The molecule has 3 rings (SSSR count). The molecule has 0 radical (unpaired) electrons. The molecule has 0 amide bonds. The average molecular weight is 301 g/mol. The molecule has 0 aromatic carbocycles. The third-order valence-corrected chi connectivity index (χ3v) is 4.35. The summed E-state index contributed by atoms with van der Waals surface area (Å²) in [5.41, 5.74) is 2.12. The highest BCUT2D eigenvalue weighted by Gasteiger charge is 2.23. The zero-order chi connectivity index (χ0) is 15.5. The van der Waals surface area contributed by atoms with Gasteiger partial charge in [0.15, 0.2) is 0 Å². The molecule has 2 aromatic rings. The molecule has 0 bridgehead atoms. The molecule has 1 aliphatic rings. The van der Waals surface area contributed by atoms with Crippen LogP contribution in [0.4, 0.5) is 0 Å². The molecule has 0 atom stereocenters. The SMILES string of the molecule is Cc1ccc(=O)n(C2CCC(NCc3cnn(C)c3)CC2)n1. The topological polar surface area (TPSA) is 64.7 Å². The van der Waals surface area contributed by atoms with Crippen molar-refractivity contribution in [2.45, 2.75) is 51.2 Å². The number of aryl methyl sites for hydroxylation is 2. The molecule has 1 N–H and O–H groups in total. The van der Waals surface area contributed by atoms with Crippen molar-refractivity contribution in [3.8, 4) is 0 Å². The second-order valence-corrected chi connectivity index (χ2v) is 6.17. The fourth-order valence-corrected chi connectivity index (χ4v) is 3.13. The zero-order valence-corrected chi connectivity index (χ0v) is 13.2. The maximum atomic E-state index is 11.9. The summed E-state index contributed by atoms with van der Waals surface area (Å²) in [6.07, 6.45) is 8.09. The Kier molecular flexibility index (Phi) is 4.38. The van der Waals surface area contributed by atoms with Crippen molar-refractivity contribution in [3.05, 3.63) is 46.1 Å². The molecular formula is C16H23N5O. The van der Waals surface area contributed by atoms with Gasteiger partial charge in [-0.1, -0.05) is 0 Å². The van der Waals surface area contributed by atoms with Crippen LogP contribution in [0.1, 0.15) is 43.0 Å². The van der Waals surface area contributed by atoms with Crippen molar-refractivity contribution in [3.63, 3.8) is 0 Å². The maximum absolute atomic E-state index is 11.9. The largest absolute Gasteiger partial charge is 0.310 e. The predicted molar refractivity (Wildman–Crippen MR) is 84.6 cm³/mol. The molecule has 2 heterocycles. The molecule has 22 heavy (non-hydrogen) atoms. The van der Waals surface area contributed by atoms with Gasteiger partial charge in [0.25, 0.3) is 5.56 Å². The van der Waals surface area contributed by atoms with Crippen molar-refractivity contribution < 1.29 is 0 Å². The Balaban J connectivity index is 1.54. The Hall–Kier alpha value is -1.95. The van der Waals surface area contributed by atoms with E-state index in [4.69, 9.17) is 0 Å². The van der Waals surface area contributed by atoms with Crippen molar-refractivity contribution in [1.82, 2.24) is 24.9 Å². The summed E-state index contributed by atoms with van der Waals surface area (Å²) >= 11 is 0. The molecule has 6 heteroatoms. The number of rotatable bonds is 4. The molecule has 1 saturated carbocycles. The highest BCUT2D eigenvalue weighted by Crippen LogP contribution is 2.27. The van der Waals surface area contributed by atoms with Gasteiger partial charge in [-0.25, -0.2) is 4.68 Å². The monoisotopic (exact) mass is 301 g/mol. The summed E-state index contributed by atoms with van der Waals surface area (Å²) < 4.78 is 3.50. The van der Waals surface area contributed by atoms with Gasteiger partial charge in [-0.2, -0.15) is 10.2 Å². The third kappa shape index (κ3) is 3.44. The minimum Gasteiger partial charge on any atom is -0.310 e. The Morgan fingerprint density at radius 2 is 2.05 bits per heavy atom. The Labute approximate surface area is 130 Å². The maximum Gasteiger partial charge on any atom is 0.267 e. The quantitative estimate of drug-likeness (QED) is 0.931. The first-order valence-electron chi connectivity index (χ1n) is 7.89. The van der Waals surface area contributed by atoms with E-state index >= 15 is 0 Å². The summed E-state index contributed by atoms with van der Waals surface area (Å²) in [5, 5.41) is 12.2. The lowest BCUT2D eigenvalue weighted by Crippen LogP contribution is -2.36. The van der Waals surface area contributed by atoms with Crippen LogP contribution in [0, 0.1) is 6.92 Å². The summed E-state index contributed by atoms with van der Waals surface area (Å²) in [5.74, 6) is 0. The van der Waals surface area contributed by atoms with Crippen molar-refractivity contribution >= 4 is 0 Å². The highest BCUT2D eigenvalue weighted by atomic mass is 16.1. The second kappa shape index (κ2) is 6.44. The molecule has 0 unspecified atom stereocenters. The average Bonchev–Trinajstić information content (AvgIpc) is 2.94.